The smallest absolute Gasteiger partial charge is 0.376 e. The van der Waals surface area contributed by atoms with Crippen LogP contribution in [-0.4, -0.2) is 77.5 Å². The first-order chi connectivity index (χ1) is 16.4. The number of alkyl halides is 3. The molecule has 0 radical (unpaired) electrons. The summed E-state index contributed by atoms with van der Waals surface area (Å²) in [5.41, 5.74) is 0.301. The summed E-state index contributed by atoms with van der Waals surface area (Å²) in [6.45, 7) is 5.64. The molecule has 0 spiro atoms. The lowest BCUT2D eigenvalue weighted by Gasteiger charge is -2.27. The monoisotopic (exact) mass is 569 g/mol. The second kappa shape index (κ2) is 12.5. The van der Waals surface area contributed by atoms with E-state index in [9.17, 15) is 13.2 Å². The fourth-order valence-electron chi connectivity index (χ4n) is 5.21. The summed E-state index contributed by atoms with van der Waals surface area (Å²) in [5.74, 6) is 2.33. The van der Waals surface area contributed by atoms with Gasteiger partial charge in [0.15, 0.2) is 11.0 Å². The molecule has 202 valence electrons. The van der Waals surface area contributed by atoms with Gasteiger partial charge in [-0.25, -0.2) is 0 Å². The van der Waals surface area contributed by atoms with E-state index in [2.05, 4.69) is 20.0 Å². The SMILES string of the molecule is Cl.Cl.Cn1c(SCCCN2C[C@@H]3CCN(c4ccc(C(F)(F)F)cc4)[C@@H]3C2)nnc1[C@H]1COCCO1. The van der Waals surface area contributed by atoms with E-state index >= 15 is 0 Å². The number of likely N-dealkylation sites (tertiary alicyclic amines) is 1. The second-order valence-corrected chi connectivity index (χ2v) is 10.2. The minimum absolute atomic E-state index is 0. The van der Waals surface area contributed by atoms with E-state index in [4.69, 9.17) is 9.47 Å². The van der Waals surface area contributed by atoms with Crippen molar-refractivity contribution < 1.29 is 22.6 Å². The number of ether oxygens (including phenoxy) is 2. The summed E-state index contributed by atoms with van der Waals surface area (Å²) in [4.78, 5) is 4.78. The molecule has 7 nitrogen and oxygen atoms in total. The van der Waals surface area contributed by atoms with Crippen molar-refractivity contribution in [3.05, 3.63) is 35.7 Å². The van der Waals surface area contributed by atoms with E-state index in [-0.39, 0.29) is 30.9 Å². The molecule has 13 heteroatoms. The molecule has 1 aromatic heterocycles. The van der Waals surface area contributed by atoms with Crippen LogP contribution in [0, 0.1) is 5.92 Å². The van der Waals surface area contributed by atoms with Gasteiger partial charge < -0.3 is 23.8 Å². The average Bonchev–Trinajstić information content (AvgIpc) is 3.51. The molecule has 1 aromatic carbocycles. The van der Waals surface area contributed by atoms with Crippen molar-refractivity contribution in [3.63, 3.8) is 0 Å². The van der Waals surface area contributed by atoms with E-state index < -0.39 is 11.7 Å². The highest BCUT2D eigenvalue weighted by Crippen LogP contribution is 2.37. The number of hydrogen-bond donors (Lipinski definition) is 0. The summed E-state index contributed by atoms with van der Waals surface area (Å²) in [6.07, 6.45) is -2.32. The Labute approximate surface area is 225 Å². The Morgan fingerprint density at radius 2 is 1.86 bits per heavy atom. The zero-order valence-electron chi connectivity index (χ0n) is 20.0. The van der Waals surface area contributed by atoms with Crippen LogP contribution in [0.15, 0.2) is 29.4 Å². The molecule has 36 heavy (non-hydrogen) atoms. The molecule has 0 aliphatic carbocycles. The molecule has 5 rings (SSSR count). The Balaban J connectivity index is 0.00000180. The molecule has 2 aromatic rings. The highest BCUT2D eigenvalue weighted by Gasteiger charge is 2.41. The lowest BCUT2D eigenvalue weighted by molar-refractivity contribution is -0.137. The molecule has 3 aliphatic heterocycles. The van der Waals surface area contributed by atoms with Crippen LogP contribution in [0.5, 0.6) is 0 Å². The largest absolute Gasteiger partial charge is 0.416 e. The topological polar surface area (TPSA) is 55.7 Å². The van der Waals surface area contributed by atoms with E-state index in [0.29, 0.717) is 31.8 Å². The zero-order chi connectivity index (χ0) is 23.7. The maximum Gasteiger partial charge on any atom is 0.416 e. The number of nitrogens with zero attached hydrogens (tertiary/aromatic N) is 5. The minimum atomic E-state index is -4.29. The number of benzene rings is 1. The Morgan fingerprint density at radius 3 is 2.56 bits per heavy atom. The normalized spacial score (nSPS) is 24.3. The van der Waals surface area contributed by atoms with Gasteiger partial charge in [0.25, 0.3) is 0 Å². The first-order valence-corrected chi connectivity index (χ1v) is 12.8. The number of thioether (sulfide) groups is 1. The van der Waals surface area contributed by atoms with Crippen LogP contribution in [0.25, 0.3) is 0 Å². The van der Waals surface area contributed by atoms with Crippen molar-refractivity contribution in [2.75, 3.05) is 56.7 Å². The van der Waals surface area contributed by atoms with Gasteiger partial charge in [-0.2, -0.15) is 13.2 Å². The lowest BCUT2D eigenvalue weighted by atomic mass is 10.0. The maximum atomic E-state index is 12.9. The van der Waals surface area contributed by atoms with Crippen LogP contribution in [0.4, 0.5) is 18.9 Å². The van der Waals surface area contributed by atoms with Gasteiger partial charge in [0.1, 0.15) is 6.10 Å². The number of hydrogen-bond acceptors (Lipinski definition) is 7. The molecule has 0 bridgehead atoms. The van der Waals surface area contributed by atoms with Gasteiger partial charge in [0, 0.05) is 44.2 Å². The number of fused-ring (bicyclic) bond motifs is 1. The van der Waals surface area contributed by atoms with Gasteiger partial charge in [-0.3, -0.25) is 0 Å². The highest BCUT2D eigenvalue weighted by atomic mass is 35.5. The Hall–Kier alpha value is -1.24. The molecule has 3 aliphatic rings. The van der Waals surface area contributed by atoms with Crippen LogP contribution >= 0.6 is 36.6 Å². The number of halogens is 5. The zero-order valence-corrected chi connectivity index (χ0v) is 22.5. The van der Waals surface area contributed by atoms with Crippen molar-refractivity contribution in [3.8, 4) is 0 Å². The Kier molecular flexibility index (Phi) is 10.2. The van der Waals surface area contributed by atoms with Gasteiger partial charge in [-0.1, -0.05) is 11.8 Å². The van der Waals surface area contributed by atoms with E-state index in [0.717, 1.165) is 61.4 Å². The maximum absolute atomic E-state index is 12.9. The van der Waals surface area contributed by atoms with Gasteiger partial charge >= 0.3 is 6.18 Å². The number of anilines is 1. The first-order valence-electron chi connectivity index (χ1n) is 11.8. The van der Waals surface area contributed by atoms with Crippen molar-refractivity contribution in [2.45, 2.75) is 36.3 Å². The average molecular weight is 571 g/mol. The van der Waals surface area contributed by atoms with Crippen LogP contribution < -0.4 is 4.90 Å². The molecular formula is C23H32Cl2F3N5O2S. The van der Waals surface area contributed by atoms with Crippen molar-refractivity contribution >= 4 is 42.3 Å². The van der Waals surface area contributed by atoms with Crippen molar-refractivity contribution in [1.29, 1.82) is 0 Å². The third-order valence-corrected chi connectivity index (χ3v) is 8.08. The fourth-order valence-corrected chi connectivity index (χ4v) is 6.06. The number of aromatic nitrogens is 3. The molecule has 0 N–H and O–H groups in total. The predicted octanol–water partition coefficient (Wildman–Crippen LogP) is 4.46. The standard InChI is InChI=1S/C23H30F3N5O2S.2ClH/c1-29-21(20-15-32-10-11-33-20)27-28-22(29)34-12-2-8-30-13-16-7-9-31(19(16)14-30)18-5-3-17(4-6-18)23(24,25)26;;/h3-6,16,19-20H,2,7-15H2,1H3;2*1H/t16-,19+,20+;;/m0../s1. The lowest BCUT2D eigenvalue weighted by Crippen LogP contribution is -2.35. The summed E-state index contributed by atoms with van der Waals surface area (Å²) in [7, 11) is 1.97. The second-order valence-electron chi connectivity index (χ2n) is 9.15. The Morgan fingerprint density at radius 1 is 1.08 bits per heavy atom. The first kappa shape index (κ1) is 29.3. The molecule has 4 heterocycles. The molecule has 0 amide bonds. The molecule has 3 fully saturated rings. The highest BCUT2D eigenvalue weighted by molar-refractivity contribution is 7.99. The summed E-state index contributed by atoms with van der Waals surface area (Å²) in [5, 5.41) is 9.51. The van der Waals surface area contributed by atoms with Crippen LogP contribution in [-0.2, 0) is 22.7 Å². The molecule has 3 saturated heterocycles. The third kappa shape index (κ3) is 6.42. The predicted molar refractivity (Wildman–Crippen MR) is 137 cm³/mol. The van der Waals surface area contributed by atoms with Crippen molar-refractivity contribution in [1.82, 2.24) is 19.7 Å². The van der Waals surface area contributed by atoms with Gasteiger partial charge in [0.2, 0.25) is 0 Å². The third-order valence-electron chi connectivity index (χ3n) is 6.97. The molecular weight excluding hydrogens is 538 g/mol. The summed E-state index contributed by atoms with van der Waals surface area (Å²) in [6, 6.07) is 5.99. The Bertz CT molecular complexity index is 976. The number of rotatable bonds is 7. The van der Waals surface area contributed by atoms with E-state index in [1.54, 1.807) is 23.9 Å². The van der Waals surface area contributed by atoms with Crippen LogP contribution in [0.3, 0.4) is 0 Å². The van der Waals surface area contributed by atoms with Crippen LogP contribution in [0.1, 0.15) is 30.3 Å². The summed E-state index contributed by atoms with van der Waals surface area (Å²) < 4.78 is 51.9. The van der Waals surface area contributed by atoms with E-state index in [1.807, 2.05) is 11.6 Å². The van der Waals surface area contributed by atoms with Crippen molar-refractivity contribution in [2.24, 2.45) is 13.0 Å². The van der Waals surface area contributed by atoms with Gasteiger partial charge in [-0.15, -0.1) is 35.0 Å². The van der Waals surface area contributed by atoms with Gasteiger partial charge in [-0.05, 0) is 49.6 Å². The summed E-state index contributed by atoms with van der Waals surface area (Å²) >= 11 is 1.70. The van der Waals surface area contributed by atoms with Gasteiger partial charge in [0.05, 0.1) is 25.4 Å². The van der Waals surface area contributed by atoms with Crippen LogP contribution in [0.2, 0.25) is 0 Å². The quantitative estimate of drug-likeness (QED) is 0.360. The fraction of sp³-hybridized carbons (Fsp3) is 0.652. The molecule has 3 atom stereocenters. The molecule has 0 unspecified atom stereocenters. The molecule has 0 saturated carbocycles. The van der Waals surface area contributed by atoms with E-state index in [1.165, 1.54) is 12.1 Å². The minimum Gasteiger partial charge on any atom is -0.376 e.